The van der Waals surface area contributed by atoms with E-state index in [0.717, 1.165) is 19.5 Å². The van der Waals surface area contributed by atoms with E-state index in [0.29, 0.717) is 6.04 Å². The first-order valence-electron chi connectivity index (χ1n) is 8.29. The molecule has 1 fully saturated rings. The summed E-state index contributed by atoms with van der Waals surface area (Å²) in [5.41, 5.74) is -0.442. The molecule has 0 spiro atoms. The molecule has 0 aliphatic carbocycles. The number of nitrogens with zero attached hydrogens (tertiary/aromatic N) is 1. The Morgan fingerprint density at radius 2 is 1.90 bits per heavy atom. The molecule has 124 valence electrons. The number of likely N-dealkylation sites (tertiary alicyclic amines) is 1. The summed E-state index contributed by atoms with van der Waals surface area (Å²) in [6, 6.07) is 0.700. The summed E-state index contributed by atoms with van der Waals surface area (Å²) in [4.78, 5) is 14.3. The van der Waals surface area contributed by atoms with Gasteiger partial charge in [-0.3, -0.25) is 0 Å². The third-order valence-corrected chi connectivity index (χ3v) is 3.90. The molecular weight excluding hydrogens is 266 g/mol. The molecular formula is C16H33N3O2. The van der Waals surface area contributed by atoms with Crippen molar-refractivity contribution in [3.63, 3.8) is 0 Å². The van der Waals surface area contributed by atoms with Crippen LogP contribution >= 0.6 is 0 Å². The molecule has 0 aromatic heterocycles. The van der Waals surface area contributed by atoms with Gasteiger partial charge in [0.1, 0.15) is 5.60 Å². The molecule has 1 aliphatic heterocycles. The Balaban J connectivity index is 2.26. The third kappa shape index (κ3) is 7.67. The molecule has 0 radical (unpaired) electrons. The van der Waals surface area contributed by atoms with Crippen molar-refractivity contribution >= 4 is 6.09 Å². The number of ether oxygens (including phenoxy) is 1. The topological polar surface area (TPSA) is 53.6 Å². The Morgan fingerprint density at radius 1 is 1.29 bits per heavy atom. The largest absolute Gasteiger partial charge is 0.444 e. The Hall–Kier alpha value is -0.810. The maximum absolute atomic E-state index is 11.8. The maximum atomic E-state index is 11.8. The van der Waals surface area contributed by atoms with Gasteiger partial charge < -0.3 is 20.3 Å². The van der Waals surface area contributed by atoms with Crippen LogP contribution in [0.25, 0.3) is 0 Å². The molecule has 2 N–H and O–H groups in total. The fraction of sp³-hybridized carbons (Fsp3) is 0.938. The SMILES string of the molecule is CCC(CNC1CCN(CC)CC1)NC(=O)OC(C)(C)C. The van der Waals surface area contributed by atoms with Crippen molar-refractivity contribution in [2.45, 2.75) is 71.6 Å². The van der Waals surface area contributed by atoms with Crippen LogP contribution < -0.4 is 10.6 Å². The minimum Gasteiger partial charge on any atom is -0.444 e. The summed E-state index contributed by atoms with van der Waals surface area (Å²) in [5.74, 6) is 0. The number of hydrogen-bond donors (Lipinski definition) is 2. The average Bonchev–Trinajstić information content (AvgIpc) is 2.42. The van der Waals surface area contributed by atoms with Crippen molar-refractivity contribution in [1.29, 1.82) is 0 Å². The van der Waals surface area contributed by atoms with E-state index < -0.39 is 5.60 Å². The lowest BCUT2D eigenvalue weighted by molar-refractivity contribution is 0.0501. The summed E-state index contributed by atoms with van der Waals surface area (Å²) < 4.78 is 5.31. The van der Waals surface area contributed by atoms with E-state index in [4.69, 9.17) is 4.74 Å². The molecule has 21 heavy (non-hydrogen) atoms. The predicted octanol–water partition coefficient (Wildman–Crippen LogP) is 2.36. The quantitative estimate of drug-likeness (QED) is 0.790. The Bertz CT molecular complexity index is 307. The molecule has 1 atom stereocenters. The van der Waals surface area contributed by atoms with Gasteiger partial charge in [-0.1, -0.05) is 13.8 Å². The average molecular weight is 299 g/mol. The number of carbonyl (C=O) groups excluding carboxylic acids is 1. The van der Waals surface area contributed by atoms with Gasteiger partial charge in [-0.05, 0) is 59.7 Å². The Labute approximate surface area is 129 Å². The number of alkyl carbamates (subject to hydrolysis) is 1. The van der Waals surface area contributed by atoms with Gasteiger partial charge in [0.25, 0.3) is 0 Å². The third-order valence-electron chi connectivity index (χ3n) is 3.90. The van der Waals surface area contributed by atoms with Crippen molar-refractivity contribution in [3.05, 3.63) is 0 Å². The van der Waals surface area contributed by atoms with Gasteiger partial charge in [0.05, 0.1) is 0 Å². The fourth-order valence-corrected chi connectivity index (χ4v) is 2.53. The van der Waals surface area contributed by atoms with Crippen molar-refractivity contribution in [1.82, 2.24) is 15.5 Å². The second-order valence-electron chi connectivity index (χ2n) is 6.87. The van der Waals surface area contributed by atoms with Crippen LogP contribution in [0.3, 0.4) is 0 Å². The second kappa shape index (κ2) is 8.59. The van der Waals surface area contributed by atoms with Gasteiger partial charge in [0.2, 0.25) is 0 Å². The van der Waals surface area contributed by atoms with Crippen molar-refractivity contribution in [2.75, 3.05) is 26.2 Å². The number of carbonyl (C=O) groups is 1. The van der Waals surface area contributed by atoms with E-state index in [-0.39, 0.29) is 12.1 Å². The standard InChI is InChI=1S/C16H33N3O2/c1-6-13(18-15(20)21-16(3,4)5)12-17-14-8-10-19(7-2)11-9-14/h13-14,17H,6-12H2,1-5H3,(H,18,20). The van der Waals surface area contributed by atoms with Crippen LogP contribution in [0.15, 0.2) is 0 Å². The van der Waals surface area contributed by atoms with Gasteiger partial charge >= 0.3 is 6.09 Å². The van der Waals surface area contributed by atoms with E-state index in [1.165, 1.54) is 25.9 Å². The molecule has 1 saturated heterocycles. The summed E-state index contributed by atoms with van der Waals surface area (Å²) in [6.07, 6.45) is 2.96. The molecule has 1 rings (SSSR count). The minimum atomic E-state index is -0.442. The monoisotopic (exact) mass is 299 g/mol. The van der Waals surface area contributed by atoms with Gasteiger partial charge in [-0.25, -0.2) is 4.79 Å². The summed E-state index contributed by atoms with van der Waals surface area (Å²) in [6.45, 7) is 14.2. The molecule has 0 aromatic rings. The summed E-state index contributed by atoms with van der Waals surface area (Å²) in [5, 5.41) is 6.54. The van der Waals surface area contributed by atoms with Crippen LogP contribution in [-0.4, -0.2) is 54.9 Å². The van der Waals surface area contributed by atoms with Crippen LogP contribution in [0.2, 0.25) is 0 Å². The molecule has 5 heteroatoms. The highest BCUT2D eigenvalue weighted by Crippen LogP contribution is 2.10. The Kier molecular flexibility index (Phi) is 7.46. The van der Waals surface area contributed by atoms with Gasteiger partial charge in [-0.15, -0.1) is 0 Å². The van der Waals surface area contributed by atoms with Crippen molar-refractivity contribution < 1.29 is 9.53 Å². The number of amides is 1. The van der Waals surface area contributed by atoms with E-state index in [9.17, 15) is 4.79 Å². The molecule has 1 unspecified atom stereocenters. The molecule has 0 aromatic carbocycles. The highest BCUT2D eigenvalue weighted by Gasteiger charge is 2.21. The maximum Gasteiger partial charge on any atom is 0.407 e. The molecule has 1 heterocycles. The van der Waals surface area contributed by atoms with Crippen LogP contribution in [0, 0.1) is 0 Å². The number of rotatable bonds is 6. The van der Waals surface area contributed by atoms with Crippen molar-refractivity contribution in [2.24, 2.45) is 0 Å². The van der Waals surface area contributed by atoms with Crippen LogP contribution in [0.4, 0.5) is 4.79 Å². The van der Waals surface area contributed by atoms with Gasteiger partial charge in [0.15, 0.2) is 0 Å². The normalized spacial score (nSPS) is 19.3. The van der Waals surface area contributed by atoms with Gasteiger partial charge in [0, 0.05) is 18.6 Å². The molecule has 1 amide bonds. The first kappa shape index (κ1) is 18.2. The van der Waals surface area contributed by atoms with Crippen LogP contribution in [0.5, 0.6) is 0 Å². The molecule has 0 bridgehead atoms. The van der Waals surface area contributed by atoms with Crippen LogP contribution in [-0.2, 0) is 4.74 Å². The summed E-state index contributed by atoms with van der Waals surface area (Å²) >= 11 is 0. The zero-order chi connectivity index (χ0) is 15.9. The lowest BCUT2D eigenvalue weighted by Crippen LogP contribution is -2.48. The smallest absolute Gasteiger partial charge is 0.407 e. The fourth-order valence-electron chi connectivity index (χ4n) is 2.53. The lowest BCUT2D eigenvalue weighted by atomic mass is 10.0. The molecule has 1 aliphatic rings. The van der Waals surface area contributed by atoms with E-state index in [1.54, 1.807) is 0 Å². The van der Waals surface area contributed by atoms with E-state index in [1.807, 2.05) is 20.8 Å². The molecule has 0 saturated carbocycles. The predicted molar refractivity (Wildman–Crippen MR) is 86.6 cm³/mol. The first-order chi connectivity index (χ1) is 9.84. The van der Waals surface area contributed by atoms with E-state index in [2.05, 4.69) is 29.4 Å². The second-order valence-corrected chi connectivity index (χ2v) is 6.87. The van der Waals surface area contributed by atoms with Crippen LogP contribution in [0.1, 0.15) is 53.9 Å². The zero-order valence-electron chi connectivity index (χ0n) is 14.4. The van der Waals surface area contributed by atoms with Crippen molar-refractivity contribution in [3.8, 4) is 0 Å². The Morgan fingerprint density at radius 3 is 2.38 bits per heavy atom. The lowest BCUT2D eigenvalue weighted by Gasteiger charge is -2.32. The summed E-state index contributed by atoms with van der Waals surface area (Å²) in [7, 11) is 0. The molecule has 5 nitrogen and oxygen atoms in total. The van der Waals surface area contributed by atoms with E-state index >= 15 is 0 Å². The zero-order valence-corrected chi connectivity index (χ0v) is 14.4. The number of hydrogen-bond acceptors (Lipinski definition) is 4. The van der Waals surface area contributed by atoms with Gasteiger partial charge in [-0.2, -0.15) is 0 Å². The number of nitrogens with one attached hydrogen (secondary N) is 2. The highest BCUT2D eigenvalue weighted by atomic mass is 16.6. The highest BCUT2D eigenvalue weighted by molar-refractivity contribution is 5.68. The minimum absolute atomic E-state index is 0.129. The first-order valence-corrected chi connectivity index (χ1v) is 8.29. The number of piperidine rings is 1.